The fourth-order valence-corrected chi connectivity index (χ4v) is 3.03. The van der Waals surface area contributed by atoms with Gasteiger partial charge in [0.25, 0.3) is 5.56 Å². The van der Waals surface area contributed by atoms with Crippen molar-refractivity contribution in [1.29, 1.82) is 0 Å². The van der Waals surface area contributed by atoms with E-state index in [1.54, 1.807) is 29.7 Å². The van der Waals surface area contributed by atoms with Gasteiger partial charge in [-0.1, -0.05) is 32.9 Å². The standard InChI is InChI=1S/C19H27N3O3/c1-6-16(21(4)18(23)13(2)3)17-20-15-10-8-7-9-14(15)19(24)22(17)11-12-25-5/h7-10,13,16H,6,11-12H2,1-5H3. The number of hydrogen-bond donors (Lipinski definition) is 0. The highest BCUT2D eigenvalue weighted by Crippen LogP contribution is 2.24. The van der Waals surface area contributed by atoms with E-state index in [0.29, 0.717) is 36.3 Å². The molecule has 0 bridgehead atoms. The van der Waals surface area contributed by atoms with Gasteiger partial charge in [-0.25, -0.2) is 4.98 Å². The number of aromatic nitrogens is 2. The Morgan fingerprint density at radius 3 is 2.60 bits per heavy atom. The molecule has 0 saturated heterocycles. The molecule has 0 radical (unpaired) electrons. The van der Waals surface area contributed by atoms with Gasteiger partial charge >= 0.3 is 0 Å². The summed E-state index contributed by atoms with van der Waals surface area (Å²) in [6.07, 6.45) is 0.673. The third-order valence-corrected chi connectivity index (χ3v) is 4.40. The van der Waals surface area contributed by atoms with Crippen molar-refractivity contribution in [3.63, 3.8) is 0 Å². The Kier molecular flexibility index (Phi) is 6.31. The molecule has 0 aliphatic carbocycles. The Morgan fingerprint density at radius 1 is 1.32 bits per heavy atom. The van der Waals surface area contributed by atoms with Crippen LogP contribution in [0.1, 0.15) is 39.1 Å². The van der Waals surface area contributed by atoms with Crippen LogP contribution >= 0.6 is 0 Å². The number of carbonyl (C=O) groups excluding carboxylic acids is 1. The molecule has 0 aliphatic rings. The summed E-state index contributed by atoms with van der Waals surface area (Å²) < 4.78 is 6.80. The van der Waals surface area contributed by atoms with E-state index in [1.165, 1.54) is 0 Å². The highest BCUT2D eigenvalue weighted by Gasteiger charge is 2.26. The quantitative estimate of drug-likeness (QED) is 0.774. The first-order valence-electron chi connectivity index (χ1n) is 8.67. The second-order valence-electron chi connectivity index (χ2n) is 6.46. The second kappa shape index (κ2) is 8.25. The molecule has 0 spiro atoms. The predicted molar refractivity (Wildman–Crippen MR) is 98.5 cm³/mol. The highest BCUT2D eigenvalue weighted by molar-refractivity contribution is 5.79. The molecule has 1 atom stereocenters. The molecule has 0 fully saturated rings. The van der Waals surface area contributed by atoms with Crippen molar-refractivity contribution < 1.29 is 9.53 Å². The van der Waals surface area contributed by atoms with Gasteiger partial charge in [0.15, 0.2) is 0 Å². The first kappa shape index (κ1) is 19.1. The van der Waals surface area contributed by atoms with Crippen LogP contribution in [0.15, 0.2) is 29.1 Å². The number of carbonyl (C=O) groups is 1. The van der Waals surface area contributed by atoms with E-state index in [9.17, 15) is 9.59 Å². The minimum Gasteiger partial charge on any atom is -0.383 e. The van der Waals surface area contributed by atoms with Crippen LogP contribution in [0.3, 0.4) is 0 Å². The summed E-state index contributed by atoms with van der Waals surface area (Å²) in [6.45, 7) is 6.56. The van der Waals surface area contributed by atoms with Crippen molar-refractivity contribution in [3.8, 4) is 0 Å². The van der Waals surface area contributed by atoms with Crippen LogP contribution < -0.4 is 5.56 Å². The van der Waals surface area contributed by atoms with E-state index >= 15 is 0 Å². The lowest BCUT2D eigenvalue weighted by Gasteiger charge is -2.30. The maximum atomic E-state index is 13.0. The van der Waals surface area contributed by atoms with Crippen LogP contribution in [0.4, 0.5) is 0 Å². The molecule has 136 valence electrons. The first-order chi connectivity index (χ1) is 11.9. The van der Waals surface area contributed by atoms with Gasteiger partial charge in [-0.2, -0.15) is 0 Å². The summed E-state index contributed by atoms with van der Waals surface area (Å²) in [5.74, 6) is 0.533. The minimum atomic E-state index is -0.260. The summed E-state index contributed by atoms with van der Waals surface area (Å²) in [7, 11) is 3.38. The van der Waals surface area contributed by atoms with Crippen LogP contribution in [0.5, 0.6) is 0 Å². The molecule has 0 saturated carbocycles. The van der Waals surface area contributed by atoms with Crippen LogP contribution in [0.2, 0.25) is 0 Å². The third kappa shape index (κ3) is 3.90. The molecular weight excluding hydrogens is 318 g/mol. The zero-order chi connectivity index (χ0) is 18.6. The van der Waals surface area contributed by atoms with E-state index in [0.717, 1.165) is 0 Å². The Bertz CT molecular complexity index is 798. The predicted octanol–water partition coefficient (Wildman–Crippen LogP) is 2.61. The molecule has 0 N–H and O–H groups in total. The SMILES string of the molecule is CCC(c1nc2ccccc2c(=O)n1CCOC)N(C)C(=O)C(C)C. The number of hydrogen-bond acceptors (Lipinski definition) is 4. The Labute approximate surface area is 148 Å². The maximum absolute atomic E-state index is 13.0. The van der Waals surface area contributed by atoms with Crippen LogP contribution in [-0.4, -0.2) is 41.1 Å². The average molecular weight is 345 g/mol. The molecule has 6 nitrogen and oxygen atoms in total. The van der Waals surface area contributed by atoms with Crippen molar-refractivity contribution in [1.82, 2.24) is 14.5 Å². The highest BCUT2D eigenvalue weighted by atomic mass is 16.5. The minimum absolute atomic E-state index is 0.0348. The van der Waals surface area contributed by atoms with Crippen molar-refractivity contribution in [2.45, 2.75) is 39.8 Å². The van der Waals surface area contributed by atoms with Crippen LogP contribution in [0, 0.1) is 5.92 Å². The van der Waals surface area contributed by atoms with E-state index in [-0.39, 0.29) is 23.4 Å². The fourth-order valence-electron chi connectivity index (χ4n) is 3.03. The van der Waals surface area contributed by atoms with E-state index in [2.05, 4.69) is 0 Å². The largest absolute Gasteiger partial charge is 0.383 e. The number of nitrogens with zero attached hydrogens (tertiary/aromatic N) is 3. The van der Waals surface area contributed by atoms with Crippen molar-refractivity contribution in [2.75, 3.05) is 20.8 Å². The molecule has 1 aromatic carbocycles. The summed E-state index contributed by atoms with van der Waals surface area (Å²) in [6, 6.07) is 7.04. The number of rotatable bonds is 7. The Morgan fingerprint density at radius 2 is 2.00 bits per heavy atom. The Hall–Kier alpha value is -2.21. The number of methoxy groups -OCH3 is 1. The van der Waals surface area contributed by atoms with E-state index in [4.69, 9.17) is 9.72 Å². The smallest absolute Gasteiger partial charge is 0.261 e. The zero-order valence-corrected chi connectivity index (χ0v) is 15.7. The fraction of sp³-hybridized carbons (Fsp3) is 0.526. The molecule has 6 heteroatoms. The molecule has 0 aliphatic heterocycles. The van der Waals surface area contributed by atoms with Gasteiger partial charge in [0, 0.05) is 20.1 Å². The average Bonchev–Trinajstić information content (AvgIpc) is 2.61. The second-order valence-corrected chi connectivity index (χ2v) is 6.46. The lowest BCUT2D eigenvalue weighted by molar-refractivity contribution is -0.135. The first-order valence-corrected chi connectivity index (χ1v) is 8.67. The van der Waals surface area contributed by atoms with Crippen molar-refractivity contribution in [2.24, 2.45) is 5.92 Å². The summed E-state index contributed by atoms with van der Waals surface area (Å²) >= 11 is 0. The number of amides is 1. The van der Waals surface area contributed by atoms with Gasteiger partial charge in [-0.15, -0.1) is 0 Å². The number of ether oxygens (including phenoxy) is 1. The van der Waals surface area contributed by atoms with Gasteiger partial charge in [-0.3, -0.25) is 14.2 Å². The molecule has 2 rings (SSSR count). The summed E-state index contributed by atoms with van der Waals surface area (Å²) in [4.78, 5) is 31.9. The molecule has 1 aromatic heterocycles. The zero-order valence-electron chi connectivity index (χ0n) is 15.7. The molecular formula is C19H27N3O3. The van der Waals surface area contributed by atoms with Gasteiger partial charge in [0.1, 0.15) is 5.82 Å². The number of para-hydroxylation sites is 1. The van der Waals surface area contributed by atoms with Gasteiger partial charge in [0.2, 0.25) is 5.91 Å². The lowest BCUT2D eigenvalue weighted by Crippen LogP contribution is -2.38. The van der Waals surface area contributed by atoms with Crippen molar-refractivity contribution in [3.05, 3.63) is 40.4 Å². The lowest BCUT2D eigenvalue weighted by atomic mass is 10.1. The van der Waals surface area contributed by atoms with Gasteiger partial charge in [-0.05, 0) is 18.6 Å². The summed E-state index contributed by atoms with van der Waals surface area (Å²) in [5, 5.41) is 0.579. The summed E-state index contributed by atoms with van der Waals surface area (Å²) in [5.41, 5.74) is 0.557. The molecule has 25 heavy (non-hydrogen) atoms. The number of benzene rings is 1. The van der Waals surface area contributed by atoms with Gasteiger partial charge < -0.3 is 9.64 Å². The molecule has 1 heterocycles. The van der Waals surface area contributed by atoms with Crippen LogP contribution in [0.25, 0.3) is 10.9 Å². The van der Waals surface area contributed by atoms with Crippen molar-refractivity contribution >= 4 is 16.8 Å². The third-order valence-electron chi connectivity index (χ3n) is 4.40. The normalized spacial score (nSPS) is 12.6. The van der Waals surface area contributed by atoms with E-state index in [1.807, 2.05) is 39.0 Å². The molecule has 1 amide bonds. The van der Waals surface area contributed by atoms with E-state index < -0.39 is 0 Å². The van der Waals surface area contributed by atoms with Crippen LogP contribution in [-0.2, 0) is 16.1 Å². The monoisotopic (exact) mass is 345 g/mol. The number of fused-ring (bicyclic) bond motifs is 1. The molecule has 2 aromatic rings. The Balaban J connectivity index is 2.63. The maximum Gasteiger partial charge on any atom is 0.261 e. The van der Waals surface area contributed by atoms with Gasteiger partial charge in [0.05, 0.1) is 30.1 Å². The molecule has 1 unspecified atom stereocenters. The topological polar surface area (TPSA) is 64.4 Å².